The van der Waals surface area contributed by atoms with Crippen LogP contribution in [0, 0.1) is 13.8 Å². The van der Waals surface area contributed by atoms with Crippen LogP contribution in [0.1, 0.15) is 75.9 Å². The first-order chi connectivity index (χ1) is 21.0. The minimum Gasteiger partial charge on any atom is -0.407 e. The van der Waals surface area contributed by atoms with Gasteiger partial charge in [0.2, 0.25) is 8.32 Å². The van der Waals surface area contributed by atoms with E-state index >= 15 is 0 Å². The molecule has 0 radical (unpaired) electrons. The van der Waals surface area contributed by atoms with E-state index in [1.54, 1.807) is 0 Å². The van der Waals surface area contributed by atoms with Crippen molar-refractivity contribution in [1.82, 2.24) is 4.72 Å². The van der Waals surface area contributed by atoms with E-state index in [2.05, 4.69) is 58.4 Å². The van der Waals surface area contributed by atoms with Gasteiger partial charge in [0.15, 0.2) is 0 Å². The second-order valence-corrected chi connectivity index (χ2v) is 20.7. The fourth-order valence-corrected chi connectivity index (χ4v) is 14.2. The van der Waals surface area contributed by atoms with E-state index in [0.29, 0.717) is 26.4 Å². The average Bonchev–Trinajstić information content (AvgIpc) is 3.01. The van der Waals surface area contributed by atoms with E-state index < -0.39 is 42.2 Å². The Labute approximate surface area is 270 Å². The summed E-state index contributed by atoms with van der Waals surface area (Å²) in [5.74, 6) is 0. The maximum Gasteiger partial charge on any atom is 0.201 e. The molecule has 4 rings (SSSR count). The molecule has 4 nitrogen and oxygen atoms in total. The summed E-state index contributed by atoms with van der Waals surface area (Å²) < 4.78 is 39.4. The lowest BCUT2D eigenvalue weighted by Gasteiger charge is -2.46. The molecule has 234 valence electrons. The summed E-state index contributed by atoms with van der Waals surface area (Å²) in [5.41, 5.74) is 5.01. The predicted molar refractivity (Wildman–Crippen MR) is 187 cm³/mol. The van der Waals surface area contributed by atoms with Crippen LogP contribution in [0.3, 0.4) is 0 Å². The van der Waals surface area contributed by atoms with E-state index in [-0.39, 0.29) is 0 Å². The van der Waals surface area contributed by atoms with Crippen molar-refractivity contribution in [1.29, 1.82) is 0 Å². The topological polar surface area (TPSA) is 55.4 Å². The van der Waals surface area contributed by atoms with Crippen LogP contribution in [0.5, 0.6) is 0 Å². The summed E-state index contributed by atoms with van der Waals surface area (Å²) in [6, 6.07) is 33.2. The highest BCUT2D eigenvalue weighted by Gasteiger charge is 2.48. The first kappa shape index (κ1) is 34.2. The van der Waals surface area contributed by atoms with Gasteiger partial charge in [0.25, 0.3) is 0 Å². The van der Waals surface area contributed by atoms with Crippen LogP contribution < -0.4 is 4.72 Å². The quantitative estimate of drug-likeness (QED) is 0.147. The Hall–Kier alpha value is -2.68. The smallest absolute Gasteiger partial charge is 0.201 e. The highest BCUT2D eigenvalue weighted by atomic mass is 32.2. The predicted octanol–water partition coefficient (Wildman–Crippen LogP) is 9.76. The maximum absolute atomic E-state index is 14.3. The molecule has 2 unspecified atom stereocenters. The van der Waals surface area contributed by atoms with Gasteiger partial charge in [0.1, 0.15) is 11.0 Å². The van der Waals surface area contributed by atoms with Crippen molar-refractivity contribution in [2.45, 2.75) is 98.8 Å². The largest absolute Gasteiger partial charge is 0.407 e. The van der Waals surface area contributed by atoms with Gasteiger partial charge in [-0.1, -0.05) is 125 Å². The summed E-state index contributed by atoms with van der Waals surface area (Å²) in [7, 11) is -5.45. The lowest BCUT2D eigenvalue weighted by Crippen LogP contribution is -2.50. The second-order valence-electron chi connectivity index (χ2n) is 12.6. The summed E-state index contributed by atoms with van der Waals surface area (Å²) in [4.78, 5) is 2.16. The van der Waals surface area contributed by atoms with Crippen molar-refractivity contribution >= 4 is 30.1 Å². The molecule has 0 spiro atoms. The molecule has 44 heavy (non-hydrogen) atoms. The number of nitrogens with one attached hydrogen (secondary N) is 1. The molecule has 4 aromatic rings. The third-order valence-electron chi connectivity index (χ3n) is 8.63. The van der Waals surface area contributed by atoms with E-state index in [9.17, 15) is 8.42 Å². The molecule has 7 heteroatoms. The number of hydrogen-bond acceptors (Lipinski definition) is 3. The van der Waals surface area contributed by atoms with E-state index in [4.69, 9.17) is 4.43 Å². The number of benzene rings is 4. The van der Waals surface area contributed by atoms with Crippen molar-refractivity contribution in [3.63, 3.8) is 0 Å². The van der Waals surface area contributed by atoms with Crippen molar-refractivity contribution < 1.29 is 12.8 Å². The molecule has 0 saturated carbocycles. The first-order valence-corrected chi connectivity index (χ1v) is 19.9. The van der Waals surface area contributed by atoms with Gasteiger partial charge in [-0.05, 0) is 71.9 Å². The van der Waals surface area contributed by atoms with Gasteiger partial charge in [-0.3, -0.25) is 0 Å². The second kappa shape index (κ2) is 15.1. The van der Waals surface area contributed by atoms with E-state index in [0.717, 1.165) is 27.1 Å². The van der Waals surface area contributed by atoms with Crippen LogP contribution in [0.15, 0.2) is 118 Å². The monoisotopic (exact) mass is 645 g/mol. The van der Waals surface area contributed by atoms with Gasteiger partial charge in [-0.25, -0.2) is 13.1 Å². The number of aryl methyl sites for hydroxylation is 2. The minimum absolute atomic E-state index is 0.318. The van der Waals surface area contributed by atoms with Gasteiger partial charge in [-0.15, -0.1) is 0 Å². The molecule has 0 aliphatic heterocycles. The summed E-state index contributed by atoms with van der Waals surface area (Å²) in [6.45, 7) is 17.7. The average molecular weight is 646 g/mol. The van der Waals surface area contributed by atoms with Gasteiger partial charge in [0.05, 0.1) is 27.8 Å². The Bertz CT molecular complexity index is 1530. The van der Waals surface area contributed by atoms with Crippen LogP contribution in [0.25, 0.3) is 0 Å². The van der Waals surface area contributed by atoms with Crippen molar-refractivity contribution in [2.75, 3.05) is 0 Å². The van der Waals surface area contributed by atoms with Crippen molar-refractivity contribution in [2.24, 2.45) is 0 Å². The molecule has 0 heterocycles. The van der Waals surface area contributed by atoms with Gasteiger partial charge in [-0.2, -0.15) is 0 Å². The zero-order chi connectivity index (χ0) is 32.0. The van der Waals surface area contributed by atoms with Gasteiger partial charge >= 0.3 is 0 Å². The fourth-order valence-electron chi connectivity index (χ4n) is 6.42. The highest BCUT2D eigenvalue weighted by molar-refractivity contribution is 7.85. The molecule has 0 fully saturated rings. The summed E-state index contributed by atoms with van der Waals surface area (Å²) in [5, 5.41) is 0. The molecule has 0 amide bonds. The standard InChI is InChI=1S/C37H47NO3S2Si/c1-26(2)44(27(3)4,28(5)6)41-37(34-16-12-13-17-35(34)42(39)32-22-18-29(7)19-23-32)36(31-14-10-9-11-15-31)38-43(40)33-24-20-30(8)21-25-33/h9-28,36-38H,1-8H3/t36-,37+,42?,43?/m1/s1. The molecular weight excluding hydrogens is 599 g/mol. The molecule has 0 saturated heterocycles. The van der Waals surface area contributed by atoms with E-state index in [1.807, 2.05) is 105 Å². The molecule has 0 aliphatic carbocycles. The van der Waals surface area contributed by atoms with Crippen LogP contribution in [-0.2, 0) is 26.2 Å². The Morgan fingerprint density at radius 3 is 1.61 bits per heavy atom. The van der Waals surface area contributed by atoms with Crippen LogP contribution in [0.4, 0.5) is 0 Å². The normalized spacial score (nSPS) is 15.0. The zero-order valence-corrected chi connectivity index (χ0v) is 29.9. The third-order valence-corrected chi connectivity index (χ3v) is 17.3. The molecule has 0 aromatic heterocycles. The van der Waals surface area contributed by atoms with Crippen molar-refractivity contribution in [3.05, 3.63) is 125 Å². The fraction of sp³-hybridized carbons (Fsp3) is 0.351. The summed E-state index contributed by atoms with van der Waals surface area (Å²) >= 11 is 0. The molecular formula is C37H47NO3S2Si. The molecule has 0 bridgehead atoms. The first-order valence-electron chi connectivity index (χ1n) is 15.5. The van der Waals surface area contributed by atoms with Crippen LogP contribution >= 0.6 is 0 Å². The SMILES string of the molecule is Cc1ccc(S(=O)N[C@H](c2ccccc2)[C@@H](O[Si](C(C)C)(C(C)C)C(C)C)c2ccccc2S(=O)c2ccc(C)cc2)cc1. The lowest BCUT2D eigenvalue weighted by molar-refractivity contribution is 0.139. The molecule has 4 aromatic carbocycles. The molecule has 0 aliphatic rings. The Morgan fingerprint density at radius 1 is 0.614 bits per heavy atom. The zero-order valence-electron chi connectivity index (χ0n) is 27.2. The van der Waals surface area contributed by atoms with Crippen LogP contribution in [0.2, 0.25) is 16.6 Å². The Morgan fingerprint density at radius 2 is 1.09 bits per heavy atom. The Balaban J connectivity index is 1.95. The van der Waals surface area contributed by atoms with E-state index in [1.165, 1.54) is 0 Å². The maximum atomic E-state index is 14.3. The number of rotatable bonds is 13. The third kappa shape index (κ3) is 7.57. The minimum atomic E-state index is -2.49. The van der Waals surface area contributed by atoms with Gasteiger partial charge in [0, 0.05) is 9.79 Å². The Kier molecular flexibility index (Phi) is 11.7. The molecule has 1 N–H and O–H groups in total. The van der Waals surface area contributed by atoms with Crippen LogP contribution in [-0.4, -0.2) is 16.7 Å². The number of hydrogen-bond donors (Lipinski definition) is 1. The summed E-state index contributed by atoms with van der Waals surface area (Å²) in [6.07, 6.45) is -0.545. The lowest BCUT2D eigenvalue weighted by atomic mass is 9.96. The molecule has 4 atom stereocenters. The van der Waals surface area contributed by atoms with Gasteiger partial charge < -0.3 is 4.43 Å². The van der Waals surface area contributed by atoms with Crippen molar-refractivity contribution in [3.8, 4) is 0 Å². The highest BCUT2D eigenvalue weighted by Crippen LogP contribution is 2.48.